The molecule has 0 spiro atoms. The largest absolute Gasteiger partial charge is 0.466 e. The molecule has 0 aromatic carbocycles. The van der Waals surface area contributed by atoms with Gasteiger partial charge in [-0.3, -0.25) is 0 Å². The molecule has 0 radical (unpaired) electrons. The van der Waals surface area contributed by atoms with Gasteiger partial charge in [0.25, 0.3) is 0 Å². The molecule has 2 heterocycles. The van der Waals surface area contributed by atoms with E-state index in [0.29, 0.717) is 11.9 Å². The highest BCUT2D eigenvalue weighted by Crippen LogP contribution is 2.24. The van der Waals surface area contributed by atoms with Crippen LogP contribution in [0.3, 0.4) is 0 Å². The highest BCUT2D eigenvalue weighted by molar-refractivity contribution is 6.28. The molecule has 7 heteroatoms. The Morgan fingerprint density at radius 2 is 1.95 bits per heavy atom. The van der Waals surface area contributed by atoms with Crippen LogP contribution in [0.25, 0.3) is 0 Å². The molecule has 2 N–H and O–H groups in total. The van der Waals surface area contributed by atoms with Crippen molar-refractivity contribution in [3.8, 4) is 0 Å². The molecule has 0 aliphatic rings. The van der Waals surface area contributed by atoms with Crippen LogP contribution >= 0.6 is 11.6 Å². The molecule has 20 heavy (non-hydrogen) atoms. The van der Waals surface area contributed by atoms with E-state index in [1.165, 1.54) is 0 Å². The second-order valence-corrected chi connectivity index (χ2v) is 4.85. The van der Waals surface area contributed by atoms with E-state index in [4.69, 9.17) is 16.0 Å². The van der Waals surface area contributed by atoms with E-state index in [0.717, 1.165) is 23.6 Å². The number of nitrogens with zero attached hydrogens (tertiary/aromatic N) is 3. The Labute approximate surface area is 123 Å². The van der Waals surface area contributed by atoms with Gasteiger partial charge < -0.3 is 15.1 Å². The summed E-state index contributed by atoms with van der Waals surface area (Å²) in [5, 5.41) is 6.38. The molecule has 0 saturated carbocycles. The summed E-state index contributed by atoms with van der Waals surface area (Å²) in [5.74, 6) is 2.66. The summed E-state index contributed by atoms with van der Waals surface area (Å²) >= 11 is 5.89. The van der Waals surface area contributed by atoms with Crippen LogP contribution in [0.15, 0.2) is 10.5 Å². The van der Waals surface area contributed by atoms with E-state index >= 15 is 0 Å². The summed E-state index contributed by atoms with van der Waals surface area (Å²) in [5.41, 5.74) is 1.07. The molecule has 108 valence electrons. The summed E-state index contributed by atoms with van der Waals surface area (Å²) in [6.07, 6.45) is 0. The van der Waals surface area contributed by atoms with E-state index in [1.807, 2.05) is 33.8 Å². The fraction of sp³-hybridized carbons (Fsp3) is 0.462. The van der Waals surface area contributed by atoms with Crippen LogP contribution in [0, 0.1) is 13.8 Å². The lowest BCUT2D eigenvalue weighted by atomic mass is 10.1. The van der Waals surface area contributed by atoms with Gasteiger partial charge in [0.05, 0.1) is 6.04 Å². The van der Waals surface area contributed by atoms with Gasteiger partial charge >= 0.3 is 0 Å². The molecule has 0 aliphatic carbocycles. The second kappa shape index (κ2) is 6.09. The first-order valence-electron chi connectivity index (χ1n) is 6.48. The average molecular weight is 296 g/mol. The van der Waals surface area contributed by atoms with Crippen molar-refractivity contribution in [2.24, 2.45) is 0 Å². The molecule has 1 unspecified atom stereocenters. The van der Waals surface area contributed by atoms with Crippen molar-refractivity contribution in [3.63, 3.8) is 0 Å². The summed E-state index contributed by atoms with van der Waals surface area (Å²) in [4.78, 5) is 12.3. The highest BCUT2D eigenvalue weighted by atomic mass is 35.5. The number of aryl methyl sites for hydroxylation is 2. The van der Waals surface area contributed by atoms with E-state index in [-0.39, 0.29) is 11.3 Å². The minimum absolute atomic E-state index is 0.0143. The van der Waals surface area contributed by atoms with Crippen molar-refractivity contribution in [1.29, 1.82) is 0 Å². The van der Waals surface area contributed by atoms with Crippen LogP contribution in [0.5, 0.6) is 0 Å². The third-order valence-electron chi connectivity index (χ3n) is 2.83. The molecular weight excluding hydrogens is 278 g/mol. The van der Waals surface area contributed by atoms with E-state index in [1.54, 1.807) is 0 Å². The first-order valence-corrected chi connectivity index (χ1v) is 6.86. The van der Waals surface area contributed by atoms with Crippen LogP contribution in [0.4, 0.5) is 11.9 Å². The molecule has 6 nitrogen and oxygen atoms in total. The molecule has 1 atom stereocenters. The Kier molecular flexibility index (Phi) is 4.44. The Hall–Kier alpha value is -1.82. The van der Waals surface area contributed by atoms with Gasteiger partial charge in [0.1, 0.15) is 11.5 Å². The Bertz CT molecular complexity index is 598. The standard InChI is InChI=1S/C13H18ClN5O/c1-5-15-12-17-11(14)18-13(19-12)16-8(3)10-6-7(2)20-9(10)4/h6,8H,5H2,1-4H3,(H2,15,16,17,18,19). The zero-order valence-electron chi connectivity index (χ0n) is 12.0. The number of halogens is 1. The lowest BCUT2D eigenvalue weighted by Gasteiger charge is -2.13. The van der Waals surface area contributed by atoms with Crippen LogP contribution in [0.2, 0.25) is 5.28 Å². The van der Waals surface area contributed by atoms with E-state index in [2.05, 4.69) is 25.6 Å². The van der Waals surface area contributed by atoms with Crippen molar-refractivity contribution in [2.75, 3.05) is 17.2 Å². The van der Waals surface area contributed by atoms with Crippen molar-refractivity contribution in [3.05, 3.63) is 28.4 Å². The maximum absolute atomic E-state index is 5.89. The zero-order chi connectivity index (χ0) is 14.7. The summed E-state index contributed by atoms with van der Waals surface area (Å²) in [6.45, 7) is 8.56. The number of rotatable bonds is 5. The molecule has 0 amide bonds. The van der Waals surface area contributed by atoms with Gasteiger partial charge in [-0.2, -0.15) is 15.0 Å². The first kappa shape index (κ1) is 14.6. The summed E-state index contributed by atoms with van der Waals surface area (Å²) in [6, 6.07) is 2.02. The van der Waals surface area contributed by atoms with Crippen LogP contribution < -0.4 is 10.6 Å². The Morgan fingerprint density at radius 1 is 1.25 bits per heavy atom. The predicted octanol–water partition coefficient (Wildman–Crippen LogP) is 3.34. The molecule has 0 bridgehead atoms. The van der Waals surface area contributed by atoms with Crippen molar-refractivity contribution >= 4 is 23.5 Å². The Balaban J connectivity index is 2.18. The molecule has 2 aromatic heterocycles. The van der Waals surface area contributed by atoms with Gasteiger partial charge in [0.2, 0.25) is 17.2 Å². The first-order chi connectivity index (χ1) is 9.49. The number of hydrogen-bond donors (Lipinski definition) is 2. The third kappa shape index (κ3) is 3.39. The number of hydrogen-bond acceptors (Lipinski definition) is 6. The molecule has 0 aliphatic heterocycles. The third-order valence-corrected chi connectivity index (χ3v) is 3.00. The second-order valence-electron chi connectivity index (χ2n) is 4.52. The highest BCUT2D eigenvalue weighted by Gasteiger charge is 2.14. The van der Waals surface area contributed by atoms with Gasteiger partial charge in [-0.15, -0.1) is 0 Å². The van der Waals surface area contributed by atoms with Crippen molar-refractivity contribution < 1.29 is 4.42 Å². The molecule has 2 aromatic rings. The topological polar surface area (TPSA) is 75.9 Å². The Morgan fingerprint density at radius 3 is 2.55 bits per heavy atom. The normalized spacial score (nSPS) is 12.2. The molecule has 2 rings (SSSR count). The maximum Gasteiger partial charge on any atom is 0.229 e. The van der Waals surface area contributed by atoms with E-state index < -0.39 is 0 Å². The van der Waals surface area contributed by atoms with Gasteiger partial charge in [-0.25, -0.2) is 0 Å². The minimum Gasteiger partial charge on any atom is -0.466 e. The smallest absolute Gasteiger partial charge is 0.229 e. The van der Waals surface area contributed by atoms with Gasteiger partial charge in [-0.05, 0) is 45.4 Å². The van der Waals surface area contributed by atoms with Gasteiger partial charge in [0.15, 0.2) is 0 Å². The monoisotopic (exact) mass is 295 g/mol. The van der Waals surface area contributed by atoms with Crippen LogP contribution in [0.1, 0.15) is 37.0 Å². The van der Waals surface area contributed by atoms with E-state index in [9.17, 15) is 0 Å². The fourth-order valence-corrected chi connectivity index (χ4v) is 2.16. The SMILES string of the molecule is CCNc1nc(Cl)nc(NC(C)c2cc(C)oc2C)n1. The van der Waals surface area contributed by atoms with Crippen molar-refractivity contribution in [1.82, 2.24) is 15.0 Å². The quantitative estimate of drug-likeness (QED) is 0.881. The summed E-state index contributed by atoms with van der Waals surface area (Å²) in [7, 11) is 0. The van der Waals surface area contributed by atoms with Gasteiger partial charge in [-0.1, -0.05) is 0 Å². The number of aromatic nitrogens is 3. The number of furan rings is 1. The van der Waals surface area contributed by atoms with Crippen LogP contribution in [-0.4, -0.2) is 21.5 Å². The van der Waals surface area contributed by atoms with Crippen LogP contribution in [-0.2, 0) is 0 Å². The maximum atomic E-state index is 5.89. The lowest BCUT2D eigenvalue weighted by Crippen LogP contribution is -2.12. The fourth-order valence-electron chi connectivity index (χ4n) is 2.00. The average Bonchev–Trinajstić information content (AvgIpc) is 2.68. The van der Waals surface area contributed by atoms with Gasteiger partial charge in [0, 0.05) is 12.1 Å². The molecule has 0 fully saturated rings. The minimum atomic E-state index is 0.0143. The zero-order valence-corrected chi connectivity index (χ0v) is 12.7. The predicted molar refractivity (Wildman–Crippen MR) is 79.2 cm³/mol. The molecular formula is C13H18ClN5O. The lowest BCUT2D eigenvalue weighted by molar-refractivity contribution is 0.499. The number of anilines is 2. The van der Waals surface area contributed by atoms with Crippen molar-refractivity contribution in [2.45, 2.75) is 33.7 Å². The summed E-state index contributed by atoms with van der Waals surface area (Å²) < 4.78 is 5.53. The number of nitrogens with one attached hydrogen (secondary N) is 2. The molecule has 0 saturated heterocycles.